The number of amides is 1. The molecule has 1 amide bonds. The molecule has 3 heterocycles. The molecule has 7 heteroatoms. The third kappa shape index (κ3) is 2.51. The molecule has 0 bridgehead atoms. The summed E-state index contributed by atoms with van der Waals surface area (Å²) < 4.78 is 0. The molecular weight excluding hydrogens is 354 g/mol. The SMILES string of the molecule is CN1C(=O)C[C@@H](C(=O)O)C12CCN(c1ccc3cccc(Cl)c3n1)CC2. The summed E-state index contributed by atoms with van der Waals surface area (Å²) in [5.41, 5.74) is 0.178. The molecule has 1 spiro atoms. The summed E-state index contributed by atoms with van der Waals surface area (Å²) in [6.07, 6.45) is 1.33. The Bertz CT molecular complexity index is 893. The van der Waals surface area contributed by atoms with Crippen LogP contribution >= 0.6 is 11.6 Å². The van der Waals surface area contributed by atoms with Gasteiger partial charge in [0.25, 0.3) is 0 Å². The van der Waals surface area contributed by atoms with E-state index >= 15 is 0 Å². The number of carboxylic acid groups (broad SMARTS) is 1. The van der Waals surface area contributed by atoms with Crippen molar-refractivity contribution >= 4 is 40.2 Å². The molecule has 2 aliphatic heterocycles. The maximum atomic E-state index is 12.1. The van der Waals surface area contributed by atoms with E-state index < -0.39 is 17.4 Å². The van der Waals surface area contributed by atoms with Crippen LogP contribution in [0.3, 0.4) is 0 Å². The lowest BCUT2D eigenvalue weighted by Gasteiger charge is -2.45. The van der Waals surface area contributed by atoms with Gasteiger partial charge in [-0.3, -0.25) is 9.59 Å². The standard InChI is InChI=1S/C19H20ClN3O3/c1-22-16(24)11-13(18(25)26)19(22)7-9-23(10-8-19)15-6-5-12-3-2-4-14(20)17(12)21-15/h2-6,13H,7-11H2,1H3,(H,25,26)/t13-/m0/s1. The molecule has 0 aliphatic carbocycles. The second-order valence-electron chi connectivity index (χ2n) is 7.12. The van der Waals surface area contributed by atoms with Gasteiger partial charge in [-0.2, -0.15) is 0 Å². The highest BCUT2D eigenvalue weighted by Crippen LogP contribution is 2.43. The summed E-state index contributed by atoms with van der Waals surface area (Å²) in [5, 5.41) is 11.2. The first-order chi connectivity index (χ1) is 12.4. The second-order valence-corrected chi connectivity index (χ2v) is 7.53. The van der Waals surface area contributed by atoms with E-state index in [2.05, 4.69) is 4.90 Å². The number of likely N-dealkylation sites (tertiary alicyclic amines) is 1. The van der Waals surface area contributed by atoms with Crippen molar-refractivity contribution in [1.82, 2.24) is 9.88 Å². The Balaban J connectivity index is 1.59. The average molecular weight is 374 g/mol. The first-order valence-corrected chi connectivity index (χ1v) is 9.10. The van der Waals surface area contributed by atoms with Gasteiger partial charge in [-0.25, -0.2) is 4.98 Å². The summed E-state index contributed by atoms with van der Waals surface area (Å²) in [5.74, 6) is -0.770. The summed E-state index contributed by atoms with van der Waals surface area (Å²) in [7, 11) is 1.73. The van der Waals surface area contributed by atoms with Crippen molar-refractivity contribution in [2.45, 2.75) is 24.8 Å². The molecule has 2 saturated heterocycles. The summed E-state index contributed by atoms with van der Waals surface area (Å²) in [4.78, 5) is 32.3. The van der Waals surface area contributed by atoms with Gasteiger partial charge in [0.1, 0.15) is 5.82 Å². The van der Waals surface area contributed by atoms with Gasteiger partial charge < -0.3 is 14.9 Å². The smallest absolute Gasteiger partial charge is 0.309 e. The highest BCUT2D eigenvalue weighted by molar-refractivity contribution is 6.35. The molecule has 1 aromatic carbocycles. The Labute approximate surface area is 156 Å². The fraction of sp³-hybridized carbons (Fsp3) is 0.421. The van der Waals surface area contributed by atoms with Gasteiger partial charge in [-0.1, -0.05) is 23.7 Å². The number of pyridine rings is 1. The minimum absolute atomic E-state index is 0.0820. The number of aliphatic carboxylic acids is 1. The zero-order valence-corrected chi connectivity index (χ0v) is 15.2. The molecule has 6 nitrogen and oxygen atoms in total. The molecule has 0 unspecified atom stereocenters. The lowest BCUT2D eigenvalue weighted by Crippen LogP contribution is -2.56. The zero-order chi connectivity index (χ0) is 18.5. The number of piperidine rings is 1. The molecule has 0 radical (unpaired) electrons. The molecule has 136 valence electrons. The van der Waals surface area contributed by atoms with E-state index in [1.807, 2.05) is 30.3 Å². The van der Waals surface area contributed by atoms with Crippen molar-refractivity contribution in [2.24, 2.45) is 5.92 Å². The van der Waals surface area contributed by atoms with Gasteiger partial charge in [0, 0.05) is 31.9 Å². The minimum Gasteiger partial charge on any atom is -0.481 e. The van der Waals surface area contributed by atoms with Crippen LogP contribution in [0.15, 0.2) is 30.3 Å². The highest BCUT2D eigenvalue weighted by atomic mass is 35.5. The largest absolute Gasteiger partial charge is 0.481 e. The van der Waals surface area contributed by atoms with Crippen molar-refractivity contribution in [3.8, 4) is 0 Å². The Morgan fingerprint density at radius 1 is 1.27 bits per heavy atom. The summed E-state index contributed by atoms with van der Waals surface area (Å²) in [6.45, 7) is 1.31. The topological polar surface area (TPSA) is 73.7 Å². The van der Waals surface area contributed by atoms with Gasteiger partial charge in [-0.15, -0.1) is 0 Å². The van der Waals surface area contributed by atoms with Crippen LogP contribution in [0.4, 0.5) is 5.82 Å². The predicted molar refractivity (Wildman–Crippen MR) is 99.4 cm³/mol. The fourth-order valence-corrected chi connectivity index (χ4v) is 4.61. The van der Waals surface area contributed by atoms with Crippen LogP contribution in [0.2, 0.25) is 5.02 Å². The second kappa shape index (κ2) is 6.13. The molecule has 1 aromatic heterocycles. The number of carbonyl (C=O) groups excluding carboxylic acids is 1. The highest BCUT2D eigenvalue weighted by Gasteiger charge is 2.55. The number of fused-ring (bicyclic) bond motifs is 1. The molecule has 2 fully saturated rings. The van der Waals surface area contributed by atoms with E-state index in [1.165, 1.54) is 0 Å². The van der Waals surface area contributed by atoms with Gasteiger partial charge in [0.15, 0.2) is 0 Å². The van der Waals surface area contributed by atoms with Crippen molar-refractivity contribution < 1.29 is 14.7 Å². The Kier molecular flexibility index (Phi) is 4.03. The quantitative estimate of drug-likeness (QED) is 0.876. The van der Waals surface area contributed by atoms with E-state index in [9.17, 15) is 14.7 Å². The lowest BCUT2D eigenvalue weighted by atomic mass is 9.77. The van der Waals surface area contributed by atoms with E-state index in [1.54, 1.807) is 11.9 Å². The van der Waals surface area contributed by atoms with Gasteiger partial charge in [0.05, 0.1) is 22.0 Å². The molecule has 1 atom stereocenters. The van der Waals surface area contributed by atoms with Crippen LogP contribution in [0.1, 0.15) is 19.3 Å². The van der Waals surface area contributed by atoms with Crippen LogP contribution in [0.25, 0.3) is 10.9 Å². The molecule has 1 N–H and O–H groups in total. The number of hydrogen-bond acceptors (Lipinski definition) is 4. The Hall–Kier alpha value is -2.34. The van der Waals surface area contributed by atoms with E-state index in [-0.39, 0.29) is 12.3 Å². The Morgan fingerprint density at radius 3 is 2.69 bits per heavy atom. The number of rotatable bonds is 2. The molecule has 2 aromatic rings. The maximum Gasteiger partial charge on any atom is 0.309 e. The number of anilines is 1. The minimum atomic E-state index is -0.883. The van der Waals surface area contributed by atoms with Gasteiger partial charge in [-0.05, 0) is 31.0 Å². The predicted octanol–water partition coefficient (Wildman–Crippen LogP) is 2.79. The molecule has 26 heavy (non-hydrogen) atoms. The van der Waals surface area contributed by atoms with Crippen molar-refractivity contribution in [2.75, 3.05) is 25.0 Å². The first-order valence-electron chi connectivity index (χ1n) is 8.72. The molecule has 0 saturated carbocycles. The number of carbonyl (C=O) groups is 2. The van der Waals surface area contributed by atoms with E-state index in [0.29, 0.717) is 31.0 Å². The van der Waals surface area contributed by atoms with Gasteiger partial charge >= 0.3 is 5.97 Å². The average Bonchev–Trinajstić information content (AvgIpc) is 2.88. The third-order valence-electron chi connectivity index (χ3n) is 5.98. The number of benzene rings is 1. The first kappa shape index (κ1) is 17.1. The summed E-state index contributed by atoms with van der Waals surface area (Å²) in [6, 6.07) is 9.66. The Morgan fingerprint density at radius 2 is 2.00 bits per heavy atom. The number of carboxylic acids is 1. The number of aromatic nitrogens is 1. The van der Waals surface area contributed by atoms with Crippen LogP contribution < -0.4 is 4.90 Å². The van der Waals surface area contributed by atoms with E-state index in [0.717, 1.165) is 16.7 Å². The summed E-state index contributed by atoms with van der Waals surface area (Å²) >= 11 is 6.27. The van der Waals surface area contributed by atoms with Crippen LogP contribution in [-0.2, 0) is 9.59 Å². The third-order valence-corrected chi connectivity index (χ3v) is 6.28. The normalized spacial score (nSPS) is 22.4. The van der Waals surface area contributed by atoms with Gasteiger partial charge in [0.2, 0.25) is 5.91 Å². The number of nitrogens with zero attached hydrogens (tertiary/aromatic N) is 3. The number of hydrogen-bond donors (Lipinski definition) is 1. The van der Waals surface area contributed by atoms with Crippen LogP contribution in [-0.4, -0.2) is 52.5 Å². The zero-order valence-electron chi connectivity index (χ0n) is 14.5. The fourth-order valence-electron chi connectivity index (χ4n) is 4.38. The lowest BCUT2D eigenvalue weighted by molar-refractivity contribution is -0.145. The van der Waals surface area contributed by atoms with Crippen LogP contribution in [0, 0.1) is 5.92 Å². The molecule has 2 aliphatic rings. The van der Waals surface area contributed by atoms with Crippen molar-refractivity contribution in [1.29, 1.82) is 0 Å². The van der Waals surface area contributed by atoms with Crippen molar-refractivity contribution in [3.05, 3.63) is 35.4 Å². The van der Waals surface area contributed by atoms with E-state index in [4.69, 9.17) is 16.6 Å². The van der Waals surface area contributed by atoms with Crippen molar-refractivity contribution in [3.63, 3.8) is 0 Å². The monoisotopic (exact) mass is 373 g/mol. The maximum absolute atomic E-state index is 12.1. The number of para-hydroxylation sites is 1. The number of halogens is 1. The molecule has 4 rings (SSSR count). The van der Waals surface area contributed by atoms with Crippen LogP contribution in [0.5, 0.6) is 0 Å². The molecular formula is C19H20ClN3O3.